The summed E-state index contributed by atoms with van der Waals surface area (Å²) in [5.41, 5.74) is 2.50. The van der Waals surface area contributed by atoms with E-state index >= 15 is 0 Å². The van der Waals surface area contributed by atoms with Crippen molar-refractivity contribution in [1.82, 2.24) is 24.9 Å². The predicted molar refractivity (Wildman–Crippen MR) is 80.2 cm³/mol. The molecule has 0 aliphatic rings. The summed E-state index contributed by atoms with van der Waals surface area (Å²) in [6, 6.07) is 0. The van der Waals surface area contributed by atoms with Crippen molar-refractivity contribution in [2.75, 3.05) is 0 Å². The Labute approximate surface area is 125 Å². The lowest BCUT2D eigenvalue weighted by Crippen LogP contribution is -2.14. The molecule has 0 saturated heterocycles. The Morgan fingerprint density at radius 3 is 2.71 bits per heavy atom. The van der Waals surface area contributed by atoms with E-state index in [4.69, 9.17) is 0 Å². The predicted octanol–water partition coefficient (Wildman–Crippen LogP) is 2.49. The van der Waals surface area contributed by atoms with E-state index in [0.29, 0.717) is 31.1 Å². The molecule has 0 unspecified atom stereocenters. The summed E-state index contributed by atoms with van der Waals surface area (Å²) in [6.07, 6.45) is 3.89. The van der Waals surface area contributed by atoms with Crippen LogP contribution in [0.25, 0.3) is 0 Å². The van der Waals surface area contributed by atoms with Crippen LogP contribution in [0.1, 0.15) is 37.6 Å². The molecule has 0 fully saturated rings. The zero-order chi connectivity index (χ0) is 15.4. The number of nitrogens with zero attached hydrogens (tertiary/aromatic N) is 4. The summed E-state index contributed by atoms with van der Waals surface area (Å²) in [5, 5.41) is 11.8. The van der Waals surface area contributed by atoms with Crippen LogP contribution in [-0.4, -0.2) is 19.6 Å². The minimum Gasteiger partial charge on any atom is -0.308 e. The first kappa shape index (κ1) is 15.7. The largest absolute Gasteiger partial charge is 0.308 e. The van der Waals surface area contributed by atoms with Crippen LogP contribution < -0.4 is 5.32 Å². The average Bonchev–Trinajstić information content (AvgIpc) is 2.96. The maximum absolute atomic E-state index is 14.0. The summed E-state index contributed by atoms with van der Waals surface area (Å²) < 4.78 is 17.4. The quantitative estimate of drug-likeness (QED) is 0.853. The van der Waals surface area contributed by atoms with Crippen molar-refractivity contribution in [3.8, 4) is 0 Å². The van der Waals surface area contributed by atoms with Crippen LogP contribution in [0.4, 0.5) is 4.39 Å². The van der Waals surface area contributed by atoms with Gasteiger partial charge >= 0.3 is 0 Å². The first-order valence-corrected chi connectivity index (χ1v) is 7.45. The van der Waals surface area contributed by atoms with Gasteiger partial charge in [0.2, 0.25) is 5.95 Å². The Balaban J connectivity index is 1.90. The molecular weight excluding hydrogens is 269 g/mol. The number of hydrogen-bond acceptors (Lipinski definition) is 3. The molecule has 0 atom stereocenters. The molecule has 0 spiro atoms. The molecule has 0 radical (unpaired) electrons. The molecule has 5 nitrogen and oxygen atoms in total. The van der Waals surface area contributed by atoms with Crippen molar-refractivity contribution in [3.05, 3.63) is 35.2 Å². The lowest BCUT2D eigenvalue weighted by atomic mass is 10.2. The van der Waals surface area contributed by atoms with Gasteiger partial charge in [0.25, 0.3) is 0 Å². The Morgan fingerprint density at radius 1 is 1.33 bits per heavy atom. The first-order chi connectivity index (χ1) is 10.0. The van der Waals surface area contributed by atoms with Crippen LogP contribution in [0.3, 0.4) is 0 Å². The molecule has 0 saturated carbocycles. The molecule has 2 heterocycles. The van der Waals surface area contributed by atoms with Crippen LogP contribution in [-0.2, 0) is 26.2 Å². The highest BCUT2D eigenvalue weighted by molar-refractivity contribution is 5.17. The third-order valence-corrected chi connectivity index (χ3v) is 3.35. The summed E-state index contributed by atoms with van der Waals surface area (Å²) in [6.45, 7) is 10.7. The number of halogens is 1. The zero-order valence-corrected chi connectivity index (χ0v) is 13.2. The van der Waals surface area contributed by atoms with Gasteiger partial charge in [-0.2, -0.15) is 14.6 Å². The highest BCUT2D eigenvalue weighted by atomic mass is 19.1. The Bertz CT molecular complexity index is 585. The normalized spacial score (nSPS) is 11.5. The van der Waals surface area contributed by atoms with Crippen molar-refractivity contribution in [2.24, 2.45) is 5.92 Å². The maximum Gasteiger partial charge on any atom is 0.216 e. The second-order valence-electron chi connectivity index (χ2n) is 5.74. The topological polar surface area (TPSA) is 47.7 Å². The summed E-state index contributed by atoms with van der Waals surface area (Å²) in [5.74, 6) is 0.334. The Kier molecular flexibility index (Phi) is 5.12. The van der Waals surface area contributed by atoms with Crippen molar-refractivity contribution in [3.63, 3.8) is 0 Å². The standard InChI is InChI=1S/C15H24FN5/c1-5-21-15(16)14(12(4)19-21)8-17-6-13-7-18-20(10-13)9-11(2)3/h7,10-11,17H,5-6,8-9H2,1-4H3. The number of aromatic nitrogens is 4. The monoisotopic (exact) mass is 293 g/mol. The second kappa shape index (κ2) is 6.85. The molecule has 6 heteroatoms. The molecule has 0 aliphatic carbocycles. The molecule has 0 aliphatic heterocycles. The molecule has 0 aromatic carbocycles. The molecular formula is C15H24FN5. The number of nitrogens with one attached hydrogen (secondary N) is 1. The fraction of sp³-hybridized carbons (Fsp3) is 0.600. The van der Waals surface area contributed by atoms with E-state index in [1.165, 1.54) is 4.68 Å². The SMILES string of the molecule is CCn1nc(C)c(CNCc2cnn(CC(C)C)c2)c1F. The fourth-order valence-corrected chi connectivity index (χ4v) is 2.30. The van der Waals surface area contributed by atoms with Crippen LogP contribution in [0, 0.1) is 18.8 Å². The molecule has 2 aromatic rings. The number of aryl methyl sites for hydroxylation is 2. The third kappa shape index (κ3) is 3.91. The van der Waals surface area contributed by atoms with E-state index in [0.717, 1.165) is 17.8 Å². The minimum absolute atomic E-state index is 0.238. The van der Waals surface area contributed by atoms with Crippen LogP contribution in [0.5, 0.6) is 0 Å². The second-order valence-corrected chi connectivity index (χ2v) is 5.74. The molecule has 1 N–H and O–H groups in total. The molecule has 2 aromatic heterocycles. The lowest BCUT2D eigenvalue weighted by Gasteiger charge is -2.04. The van der Waals surface area contributed by atoms with Gasteiger partial charge in [0.05, 0.1) is 11.9 Å². The van der Waals surface area contributed by atoms with Gasteiger partial charge in [0, 0.05) is 43.5 Å². The van der Waals surface area contributed by atoms with Crippen molar-refractivity contribution < 1.29 is 4.39 Å². The van der Waals surface area contributed by atoms with Gasteiger partial charge in [-0.25, -0.2) is 4.68 Å². The third-order valence-electron chi connectivity index (χ3n) is 3.35. The minimum atomic E-state index is -0.238. The number of hydrogen-bond donors (Lipinski definition) is 1. The van der Waals surface area contributed by atoms with E-state index < -0.39 is 0 Å². The van der Waals surface area contributed by atoms with Gasteiger partial charge in [0.15, 0.2) is 0 Å². The molecule has 0 amide bonds. The fourth-order valence-electron chi connectivity index (χ4n) is 2.30. The first-order valence-electron chi connectivity index (χ1n) is 7.45. The van der Waals surface area contributed by atoms with E-state index in [9.17, 15) is 4.39 Å². The highest BCUT2D eigenvalue weighted by Gasteiger charge is 2.13. The highest BCUT2D eigenvalue weighted by Crippen LogP contribution is 2.12. The Morgan fingerprint density at radius 2 is 2.10 bits per heavy atom. The van der Waals surface area contributed by atoms with Crippen LogP contribution in [0.2, 0.25) is 0 Å². The van der Waals surface area contributed by atoms with E-state index in [1.807, 2.05) is 30.9 Å². The van der Waals surface area contributed by atoms with Gasteiger partial charge in [-0.1, -0.05) is 13.8 Å². The summed E-state index contributed by atoms with van der Waals surface area (Å²) >= 11 is 0. The zero-order valence-electron chi connectivity index (χ0n) is 13.2. The van der Waals surface area contributed by atoms with E-state index in [-0.39, 0.29) is 5.95 Å². The molecule has 21 heavy (non-hydrogen) atoms. The number of rotatable bonds is 7. The summed E-state index contributed by atoms with van der Waals surface area (Å²) in [4.78, 5) is 0. The van der Waals surface area contributed by atoms with Crippen molar-refractivity contribution >= 4 is 0 Å². The lowest BCUT2D eigenvalue weighted by molar-refractivity contribution is 0.460. The van der Waals surface area contributed by atoms with Gasteiger partial charge in [0.1, 0.15) is 0 Å². The maximum atomic E-state index is 14.0. The van der Waals surface area contributed by atoms with Crippen LogP contribution >= 0.6 is 0 Å². The molecule has 0 bridgehead atoms. The van der Waals surface area contributed by atoms with Crippen LogP contribution in [0.15, 0.2) is 12.4 Å². The van der Waals surface area contributed by atoms with Gasteiger partial charge in [-0.15, -0.1) is 0 Å². The van der Waals surface area contributed by atoms with Gasteiger partial charge in [-0.3, -0.25) is 4.68 Å². The van der Waals surface area contributed by atoms with Gasteiger partial charge in [-0.05, 0) is 19.8 Å². The molecule has 2 rings (SSSR count). The summed E-state index contributed by atoms with van der Waals surface area (Å²) in [7, 11) is 0. The van der Waals surface area contributed by atoms with Crippen molar-refractivity contribution in [2.45, 2.75) is 53.9 Å². The Hall–Kier alpha value is -1.69. The van der Waals surface area contributed by atoms with Gasteiger partial charge < -0.3 is 5.32 Å². The molecule has 116 valence electrons. The average molecular weight is 293 g/mol. The van der Waals surface area contributed by atoms with Crippen molar-refractivity contribution in [1.29, 1.82) is 0 Å². The van der Waals surface area contributed by atoms with E-state index in [1.54, 1.807) is 0 Å². The van der Waals surface area contributed by atoms with E-state index in [2.05, 4.69) is 29.4 Å². The smallest absolute Gasteiger partial charge is 0.216 e.